The number of nitrogens with zero attached hydrogens (tertiary/aromatic N) is 1. The van der Waals surface area contributed by atoms with Crippen molar-refractivity contribution in [3.8, 4) is 0 Å². The minimum atomic E-state index is -0.835. The standard InChI is InChI=1S/C17H20ClNO2/c1-3-11(2)16-19-17(12-7-4-5-8-13(12)18)10-6-9-14(21-16)15(17)20/h4-5,7-8,11,14H,3,6,9-10H2,1-2H3. The van der Waals surface area contributed by atoms with E-state index in [4.69, 9.17) is 21.3 Å². The van der Waals surface area contributed by atoms with Crippen LogP contribution in [0.2, 0.25) is 5.02 Å². The number of halogens is 1. The van der Waals surface area contributed by atoms with Crippen LogP contribution in [-0.2, 0) is 15.1 Å². The van der Waals surface area contributed by atoms with Crippen LogP contribution in [0.4, 0.5) is 0 Å². The Hall–Kier alpha value is -1.35. The van der Waals surface area contributed by atoms with E-state index in [2.05, 4.69) is 13.8 Å². The highest BCUT2D eigenvalue weighted by Gasteiger charge is 2.51. The molecule has 0 N–H and O–H groups in total. The molecule has 4 heteroatoms. The summed E-state index contributed by atoms with van der Waals surface area (Å²) in [6.07, 6.45) is 3.00. The van der Waals surface area contributed by atoms with Crippen molar-refractivity contribution in [1.29, 1.82) is 0 Å². The van der Waals surface area contributed by atoms with Crippen LogP contribution in [0.3, 0.4) is 0 Å². The summed E-state index contributed by atoms with van der Waals surface area (Å²) in [5, 5.41) is 0.612. The van der Waals surface area contributed by atoms with E-state index in [1.165, 1.54) is 0 Å². The number of carbonyl (C=O) groups is 1. The zero-order valence-corrected chi connectivity index (χ0v) is 13.2. The molecule has 1 heterocycles. The van der Waals surface area contributed by atoms with Gasteiger partial charge in [-0.15, -0.1) is 0 Å². The normalized spacial score (nSPS) is 29.6. The van der Waals surface area contributed by atoms with Crippen molar-refractivity contribution in [2.24, 2.45) is 10.9 Å². The zero-order valence-electron chi connectivity index (χ0n) is 12.4. The zero-order chi connectivity index (χ0) is 15.0. The quantitative estimate of drug-likeness (QED) is 0.842. The number of hydrogen-bond donors (Lipinski definition) is 0. The lowest BCUT2D eigenvalue weighted by Crippen LogP contribution is -2.52. The van der Waals surface area contributed by atoms with Gasteiger partial charge in [0.2, 0.25) is 5.78 Å². The fourth-order valence-corrected chi connectivity index (χ4v) is 3.46. The Morgan fingerprint density at radius 2 is 2.24 bits per heavy atom. The smallest absolute Gasteiger partial charge is 0.205 e. The van der Waals surface area contributed by atoms with Gasteiger partial charge >= 0.3 is 0 Å². The average molecular weight is 306 g/mol. The fourth-order valence-electron chi connectivity index (χ4n) is 3.17. The molecular weight excluding hydrogens is 286 g/mol. The van der Waals surface area contributed by atoms with Crippen LogP contribution in [0, 0.1) is 5.92 Å². The first-order valence-electron chi connectivity index (χ1n) is 7.64. The summed E-state index contributed by atoms with van der Waals surface area (Å²) in [6, 6.07) is 7.55. The first-order valence-corrected chi connectivity index (χ1v) is 8.02. The number of fused-ring (bicyclic) bond motifs is 2. The van der Waals surface area contributed by atoms with E-state index in [0.717, 1.165) is 31.2 Å². The van der Waals surface area contributed by atoms with E-state index >= 15 is 0 Å². The number of ketones is 1. The molecule has 1 saturated carbocycles. The second kappa shape index (κ2) is 5.45. The maximum atomic E-state index is 12.8. The van der Waals surface area contributed by atoms with E-state index in [-0.39, 0.29) is 17.8 Å². The molecule has 2 aliphatic rings. The van der Waals surface area contributed by atoms with Gasteiger partial charge in [-0.3, -0.25) is 4.79 Å². The van der Waals surface area contributed by atoms with Crippen LogP contribution < -0.4 is 0 Å². The largest absolute Gasteiger partial charge is 0.469 e. The average Bonchev–Trinajstić information content (AvgIpc) is 2.47. The lowest BCUT2D eigenvalue weighted by molar-refractivity contribution is -0.137. The fraction of sp³-hybridized carbons (Fsp3) is 0.529. The molecule has 0 saturated heterocycles. The molecule has 1 aliphatic carbocycles. The monoisotopic (exact) mass is 305 g/mol. The van der Waals surface area contributed by atoms with Crippen LogP contribution in [0.1, 0.15) is 45.1 Å². The third kappa shape index (κ3) is 2.28. The van der Waals surface area contributed by atoms with Crippen LogP contribution in [0.5, 0.6) is 0 Å². The summed E-state index contributed by atoms with van der Waals surface area (Å²) in [7, 11) is 0. The van der Waals surface area contributed by atoms with E-state index in [1.807, 2.05) is 24.3 Å². The predicted molar refractivity (Wildman–Crippen MR) is 83.8 cm³/mol. The maximum absolute atomic E-state index is 12.8. The molecule has 3 atom stereocenters. The minimum Gasteiger partial charge on any atom is -0.469 e. The summed E-state index contributed by atoms with van der Waals surface area (Å²) < 4.78 is 5.87. The number of benzene rings is 1. The van der Waals surface area contributed by atoms with Crippen molar-refractivity contribution < 1.29 is 9.53 Å². The summed E-state index contributed by atoms with van der Waals surface area (Å²) >= 11 is 6.36. The van der Waals surface area contributed by atoms with E-state index in [1.54, 1.807) is 0 Å². The molecular formula is C17H20ClNO2. The minimum absolute atomic E-state index is 0.0638. The Labute approximate surface area is 130 Å². The number of Topliss-reactive ketones (excluding diaryl/α,β-unsaturated/α-hetero) is 1. The Morgan fingerprint density at radius 1 is 1.48 bits per heavy atom. The number of hydrogen-bond acceptors (Lipinski definition) is 3. The van der Waals surface area contributed by atoms with Gasteiger partial charge in [-0.05, 0) is 31.7 Å². The number of carbonyl (C=O) groups excluding carboxylic acids is 1. The highest BCUT2D eigenvalue weighted by Crippen LogP contribution is 2.45. The van der Waals surface area contributed by atoms with Crippen molar-refractivity contribution >= 4 is 23.3 Å². The molecule has 21 heavy (non-hydrogen) atoms. The van der Waals surface area contributed by atoms with Crippen molar-refractivity contribution in [1.82, 2.24) is 0 Å². The first-order chi connectivity index (χ1) is 10.1. The SMILES string of the molecule is CCC(C)C1=NC2(c3ccccc3Cl)CCCC(O1)C2=O. The summed E-state index contributed by atoms with van der Waals surface area (Å²) in [6.45, 7) is 4.19. The Kier molecular flexibility index (Phi) is 3.78. The maximum Gasteiger partial charge on any atom is 0.205 e. The van der Waals surface area contributed by atoms with Gasteiger partial charge in [-0.1, -0.05) is 43.6 Å². The molecule has 0 amide bonds. The highest BCUT2D eigenvalue weighted by atomic mass is 35.5. The van der Waals surface area contributed by atoms with Gasteiger partial charge < -0.3 is 4.74 Å². The van der Waals surface area contributed by atoms with Crippen molar-refractivity contribution in [2.45, 2.75) is 51.2 Å². The molecule has 3 unspecified atom stereocenters. The third-order valence-electron chi connectivity index (χ3n) is 4.62. The number of ether oxygens (including phenoxy) is 1. The molecule has 1 aliphatic heterocycles. The van der Waals surface area contributed by atoms with Crippen LogP contribution in [0.25, 0.3) is 0 Å². The first kappa shape index (κ1) is 14.6. The molecule has 3 nitrogen and oxygen atoms in total. The lowest BCUT2D eigenvalue weighted by Gasteiger charge is -2.42. The Morgan fingerprint density at radius 3 is 2.95 bits per heavy atom. The van der Waals surface area contributed by atoms with E-state index in [9.17, 15) is 4.79 Å². The van der Waals surface area contributed by atoms with E-state index < -0.39 is 5.54 Å². The molecule has 1 fully saturated rings. The topological polar surface area (TPSA) is 38.7 Å². The van der Waals surface area contributed by atoms with Gasteiger partial charge in [0, 0.05) is 16.5 Å². The second-order valence-electron chi connectivity index (χ2n) is 5.96. The summed E-state index contributed by atoms with van der Waals surface area (Å²) in [4.78, 5) is 17.6. The highest BCUT2D eigenvalue weighted by molar-refractivity contribution is 6.32. The van der Waals surface area contributed by atoms with E-state index in [0.29, 0.717) is 10.9 Å². The Balaban J connectivity index is 2.16. The Bertz CT molecular complexity index is 598. The van der Waals surface area contributed by atoms with Crippen LogP contribution >= 0.6 is 11.6 Å². The summed E-state index contributed by atoms with van der Waals surface area (Å²) in [5.74, 6) is 0.996. The molecule has 1 aromatic rings. The molecule has 2 bridgehead atoms. The van der Waals surface area contributed by atoms with Crippen molar-refractivity contribution in [3.63, 3.8) is 0 Å². The molecule has 3 rings (SSSR count). The second-order valence-corrected chi connectivity index (χ2v) is 6.37. The van der Waals surface area contributed by atoms with Gasteiger partial charge in [0.15, 0.2) is 17.5 Å². The van der Waals surface area contributed by atoms with Crippen molar-refractivity contribution in [3.05, 3.63) is 34.9 Å². The molecule has 112 valence electrons. The third-order valence-corrected chi connectivity index (χ3v) is 4.95. The van der Waals surface area contributed by atoms with Gasteiger partial charge in [0.1, 0.15) is 0 Å². The number of aliphatic imine (C=N–C) groups is 1. The summed E-state index contributed by atoms with van der Waals surface area (Å²) in [5.41, 5.74) is -0.0105. The lowest BCUT2D eigenvalue weighted by atomic mass is 9.73. The molecule has 0 aromatic heterocycles. The van der Waals surface area contributed by atoms with Gasteiger partial charge in [-0.2, -0.15) is 0 Å². The number of rotatable bonds is 3. The van der Waals surface area contributed by atoms with Crippen LogP contribution in [0.15, 0.2) is 29.3 Å². The van der Waals surface area contributed by atoms with Gasteiger partial charge in [-0.25, -0.2) is 4.99 Å². The van der Waals surface area contributed by atoms with Gasteiger partial charge in [0.25, 0.3) is 0 Å². The molecule has 0 radical (unpaired) electrons. The van der Waals surface area contributed by atoms with Crippen LogP contribution in [-0.4, -0.2) is 17.8 Å². The predicted octanol–water partition coefficient (Wildman–Crippen LogP) is 4.13. The molecule has 0 spiro atoms. The van der Waals surface area contributed by atoms with Gasteiger partial charge in [0.05, 0.1) is 0 Å². The molecule has 1 aromatic carbocycles. The van der Waals surface area contributed by atoms with Crippen molar-refractivity contribution in [2.75, 3.05) is 0 Å².